The van der Waals surface area contributed by atoms with Gasteiger partial charge in [0.05, 0.1) is 12.8 Å². The Balaban J connectivity index is 1.91. The lowest BCUT2D eigenvalue weighted by molar-refractivity contribution is -0.139. The van der Waals surface area contributed by atoms with Crippen LogP contribution < -0.4 is 20.2 Å². The van der Waals surface area contributed by atoms with Crippen LogP contribution in [0.1, 0.15) is 18.1 Å². The summed E-state index contributed by atoms with van der Waals surface area (Å²) in [6.45, 7) is 6.35. The van der Waals surface area contributed by atoms with Crippen molar-refractivity contribution in [1.29, 1.82) is 0 Å². The van der Waals surface area contributed by atoms with Gasteiger partial charge in [0.25, 0.3) is 0 Å². The van der Waals surface area contributed by atoms with Crippen molar-refractivity contribution in [1.82, 2.24) is 10.7 Å². The summed E-state index contributed by atoms with van der Waals surface area (Å²) in [6, 6.07) is 10.0. The summed E-state index contributed by atoms with van der Waals surface area (Å²) in [5, 5.41) is 7.14. The number of carbonyl (C=O) groups is 2. The molecule has 0 saturated heterocycles. The number of hydrogen-bond acceptors (Lipinski definition) is 5. The fraction of sp³-hybridized carbons (Fsp3) is 0.190. The lowest BCUT2D eigenvalue weighted by Crippen LogP contribution is -2.37. The number of nitrogens with one attached hydrogen (secondary N) is 2. The normalized spacial score (nSPS) is 10.5. The molecule has 2 amide bonds. The first-order valence-electron chi connectivity index (χ1n) is 9.00. The van der Waals surface area contributed by atoms with Crippen molar-refractivity contribution in [3.05, 3.63) is 70.2 Å². The Kier molecular flexibility index (Phi) is 9.18. The zero-order valence-corrected chi connectivity index (χ0v) is 17.8. The standard InChI is InChI=1S/C21H21Cl2N3O4/c1-3-9-30-18-8-5-14(10-19(18)29-4-2)12-25-26-21(28)20(27)24-13-15-6-7-16(22)11-17(15)23/h3,5-8,10-12H,1,4,9,13H2,2H3,(H,24,27)(H,26,28)/b25-12+. The van der Waals surface area contributed by atoms with Crippen LogP contribution in [0.4, 0.5) is 0 Å². The Hall–Kier alpha value is -3.03. The van der Waals surface area contributed by atoms with Crippen LogP contribution in [0.2, 0.25) is 10.0 Å². The highest BCUT2D eigenvalue weighted by molar-refractivity contribution is 6.36. The number of benzene rings is 2. The molecule has 0 unspecified atom stereocenters. The second kappa shape index (κ2) is 11.8. The minimum Gasteiger partial charge on any atom is -0.490 e. The first-order chi connectivity index (χ1) is 14.4. The Morgan fingerprint density at radius 1 is 1.10 bits per heavy atom. The Bertz CT molecular complexity index is 948. The van der Waals surface area contributed by atoms with Crippen molar-refractivity contribution >= 4 is 41.2 Å². The van der Waals surface area contributed by atoms with E-state index in [1.54, 1.807) is 42.5 Å². The van der Waals surface area contributed by atoms with E-state index in [9.17, 15) is 9.59 Å². The van der Waals surface area contributed by atoms with Crippen molar-refractivity contribution in [3.63, 3.8) is 0 Å². The monoisotopic (exact) mass is 449 g/mol. The van der Waals surface area contributed by atoms with Crippen molar-refractivity contribution in [3.8, 4) is 11.5 Å². The molecule has 30 heavy (non-hydrogen) atoms. The molecule has 9 heteroatoms. The second-order valence-electron chi connectivity index (χ2n) is 5.86. The van der Waals surface area contributed by atoms with Gasteiger partial charge < -0.3 is 14.8 Å². The van der Waals surface area contributed by atoms with Crippen molar-refractivity contribution < 1.29 is 19.1 Å². The summed E-state index contributed by atoms with van der Waals surface area (Å²) < 4.78 is 11.1. The third-order valence-corrected chi connectivity index (χ3v) is 4.25. The highest BCUT2D eigenvalue weighted by Gasteiger charge is 2.13. The average molecular weight is 450 g/mol. The van der Waals surface area contributed by atoms with Gasteiger partial charge in [-0.1, -0.05) is 41.9 Å². The SMILES string of the molecule is C=CCOc1ccc(/C=N/NC(=O)C(=O)NCc2ccc(Cl)cc2Cl)cc1OCC. The Morgan fingerprint density at radius 3 is 2.60 bits per heavy atom. The summed E-state index contributed by atoms with van der Waals surface area (Å²) in [4.78, 5) is 23.8. The number of ether oxygens (including phenoxy) is 2. The number of nitrogens with zero attached hydrogens (tertiary/aromatic N) is 1. The predicted molar refractivity (Wildman–Crippen MR) is 117 cm³/mol. The van der Waals surface area contributed by atoms with E-state index in [2.05, 4.69) is 22.4 Å². The molecule has 0 bridgehead atoms. The zero-order chi connectivity index (χ0) is 21.9. The topological polar surface area (TPSA) is 89.0 Å². The molecule has 7 nitrogen and oxygen atoms in total. The van der Waals surface area contributed by atoms with Gasteiger partial charge in [-0.15, -0.1) is 0 Å². The largest absolute Gasteiger partial charge is 0.490 e. The molecule has 0 aliphatic rings. The molecular formula is C21H21Cl2N3O4. The number of hydrogen-bond donors (Lipinski definition) is 2. The van der Waals surface area contributed by atoms with Crippen molar-refractivity contribution in [2.45, 2.75) is 13.5 Å². The van der Waals surface area contributed by atoms with E-state index >= 15 is 0 Å². The van der Waals surface area contributed by atoms with E-state index < -0.39 is 11.8 Å². The van der Waals surface area contributed by atoms with E-state index in [1.165, 1.54) is 6.21 Å². The maximum Gasteiger partial charge on any atom is 0.329 e. The van der Waals surface area contributed by atoms with Crippen LogP contribution in [-0.4, -0.2) is 31.2 Å². The lowest BCUT2D eigenvalue weighted by Gasteiger charge is -2.11. The second-order valence-corrected chi connectivity index (χ2v) is 6.70. The van der Waals surface area contributed by atoms with Gasteiger partial charge in [-0.05, 0) is 48.4 Å². The maximum atomic E-state index is 11.9. The molecule has 0 aliphatic heterocycles. The number of hydrazone groups is 1. The van der Waals surface area contributed by atoms with E-state index in [0.717, 1.165) is 0 Å². The summed E-state index contributed by atoms with van der Waals surface area (Å²) in [5.41, 5.74) is 3.45. The smallest absolute Gasteiger partial charge is 0.329 e. The Morgan fingerprint density at radius 2 is 1.90 bits per heavy atom. The molecule has 2 aromatic carbocycles. The van der Waals surface area contributed by atoms with Gasteiger partial charge in [0.15, 0.2) is 11.5 Å². The lowest BCUT2D eigenvalue weighted by atomic mass is 10.2. The third-order valence-electron chi connectivity index (χ3n) is 3.66. The molecule has 0 radical (unpaired) electrons. The number of carbonyl (C=O) groups excluding carboxylic acids is 2. The zero-order valence-electron chi connectivity index (χ0n) is 16.3. The first-order valence-corrected chi connectivity index (χ1v) is 9.75. The average Bonchev–Trinajstić information content (AvgIpc) is 2.72. The molecule has 0 aromatic heterocycles. The molecule has 0 saturated carbocycles. The molecule has 0 spiro atoms. The fourth-order valence-electron chi connectivity index (χ4n) is 2.28. The van der Waals surface area contributed by atoms with Gasteiger partial charge in [-0.25, -0.2) is 5.43 Å². The molecule has 0 atom stereocenters. The van der Waals surface area contributed by atoms with Crippen LogP contribution in [0.3, 0.4) is 0 Å². The molecule has 2 N–H and O–H groups in total. The van der Waals surface area contributed by atoms with Crippen LogP contribution in [0.15, 0.2) is 54.2 Å². The Labute approximate surface area is 184 Å². The minimum atomic E-state index is -0.910. The minimum absolute atomic E-state index is 0.0792. The third kappa shape index (κ3) is 7.09. The highest BCUT2D eigenvalue weighted by Crippen LogP contribution is 2.28. The van der Waals surface area contributed by atoms with Crippen LogP contribution >= 0.6 is 23.2 Å². The summed E-state index contributed by atoms with van der Waals surface area (Å²) in [5.74, 6) is -0.654. The van der Waals surface area contributed by atoms with Crippen LogP contribution in [0, 0.1) is 0 Å². The van der Waals surface area contributed by atoms with Gasteiger partial charge in [0.1, 0.15) is 6.61 Å². The summed E-state index contributed by atoms with van der Waals surface area (Å²) >= 11 is 11.9. The van der Waals surface area contributed by atoms with Crippen LogP contribution in [-0.2, 0) is 16.1 Å². The van der Waals surface area contributed by atoms with Gasteiger partial charge >= 0.3 is 11.8 Å². The number of halogens is 2. The van der Waals surface area contributed by atoms with Crippen molar-refractivity contribution in [2.24, 2.45) is 5.10 Å². The van der Waals surface area contributed by atoms with Crippen LogP contribution in [0.5, 0.6) is 11.5 Å². The molecule has 158 valence electrons. The molecule has 0 heterocycles. The molecule has 0 fully saturated rings. The number of rotatable bonds is 9. The van der Waals surface area contributed by atoms with Gasteiger partial charge in [0, 0.05) is 16.6 Å². The van der Waals surface area contributed by atoms with Gasteiger partial charge in [0.2, 0.25) is 0 Å². The van der Waals surface area contributed by atoms with Gasteiger partial charge in [-0.2, -0.15) is 5.10 Å². The highest BCUT2D eigenvalue weighted by atomic mass is 35.5. The molecule has 2 aromatic rings. The molecule has 2 rings (SSSR count). The van der Waals surface area contributed by atoms with E-state index in [-0.39, 0.29) is 6.54 Å². The summed E-state index contributed by atoms with van der Waals surface area (Å²) in [7, 11) is 0. The van der Waals surface area contributed by atoms with E-state index in [1.807, 2.05) is 6.92 Å². The van der Waals surface area contributed by atoms with E-state index in [0.29, 0.717) is 45.9 Å². The quantitative estimate of drug-likeness (QED) is 0.264. The maximum absolute atomic E-state index is 11.9. The number of amides is 2. The van der Waals surface area contributed by atoms with Gasteiger partial charge in [-0.3, -0.25) is 9.59 Å². The molecular weight excluding hydrogens is 429 g/mol. The predicted octanol–water partition coefficient (Wildman–Crippen LogP) is 3.72. The van der Waals surface area contributed by atoms with Crippen LogP contribution in [0.25, 0.3) is 0 Å². The van der Waals surface area contributed by atoms with E-state index in [4.69, 9.17) is 32.7 Å². The summed E-state index contributed by atoms with van der Waals surface area (Å²) in [6.07, 6.45) is 3.02. The fourth-order valence-corrected chi connectivity index (χ4v) is 2.75. The van der Waals surface area contributed by atoms with Crippen molar-refractivity contribution in [2.75, 3.05) is 13.2 Å². The molecule has 0 aliphatic carbocycles. The first kappa shape index (κ1) is 23.3.